The molecule has 0 radical (unpaired) electrons. The van der Waals surface area contributed by atoms with Gasteiger partial charge in [-0.05, 0) is 36.8 Å². The fourth-order valence-corrected chi connectivity index (χ4v) is 3.12. The average molecular weight is 280 g/mol. The largest absolute Gasteiger partial charge is 0.384 e. The molecule has 0 bridgehead atoms. The first-order valence-corrected chi connectivity index (χ1v) is 7.26. The Labute approximate surface area is 120 Å². The molecule has 0 atom stereocenters. The molecule has 0 spiro atoms. The average Bonchev–Trinajstić information content (AvgIpc) is 2.38. The predicted octanol–water partition coefficient (Wildman–Crippen LogP) is 3.50. The molecule has 2 rings (SSSR count). The van der Waals surface area contributed by atoms with Crippen molar-refractivity contribution in [2.24, 2.45) is 17.6 Å². The van der Waals surface area contributed by atoms with Crippen LogP contribution < -0.4 is 10.6 Å². The van der Waals surface area contributed by atoms with Gasteiger partial charge in [0.15, 0.2) is 0 Å². The van der Waals surface area contributed by atoms with E-state index in [1.807, 2.05) is 12.1 Å². The number of hydrogen-bond acceptors (Lipinski definition) is 2. The van der Waals surface area contributed by atoms with Gasteiger partial charge in [0, 0.05) is 18.8 Å². The molecule has 1 fully saturated rings. The number of benzene rings is 1. The molecule has 3 N–H and O–H groups in total. The van der Waals surface area contributed by atoms with Crippen LogP contribution in [0.3, 0.4) is 0 Å². The second-order valence-corrected chi connectivity index (χ2v) is 6.02. The van der Waals surface area contributed by atoms with Gasteiger partial charge in [0.05, 0.1) is 10.6 Å². The quantitative estimate of drug-likeness (QED) is 0.657. The van der Waals surface area contributed by atoms with Crippen LogP contribution in [0.15, 0.2) is 18.2 Å². The maximum absolute atomic E-state index is 7.71. The summed E-state index contributed by atoms with van der Waals surface area (Å²) in [5, 5.41) is 8.28. The monoisotopic (exact) mass is 279 g/mol. The van der Waals surface area contributed by atoms with Crippen LogP contribution in [0.5, 0.6) is 0 Å². The molecule has 104 valence electrons. The molecule has 1 heterocycles. The van der Waals surface area contributed by atoms with E-state index in [0.717, 1.165) is 30.6 Å². The summed E-state index contributed by atoms with van der Waals surface area (Å²) in [6.45, 7) is 6.62. The van der Waals surface area contributed by atoms with Crippen molar-refractivity contribution < 1.29 is 0 Å². The molecule has 1 saturated heterocycles. The van der Waals surface area contributed by atoms with Gasteiger partial charge in [-0.3, -0.25) is 5.41 Å². The lowest BCUT2D eigenvalue weighted by atomic mass is 9.86. The molecule has 0 amide bonds. The van der Waals surface area contributed by atoms with E-state index >= 15 is 0 Å². The van der Waals surface area contributed by atoms with E-state index in [1.54, 1.807) is 6.07 Å². The van der Waals surface area contributed by atoms with Crippen LogP contribution in [-0.4, -0.2) is 18.9 Å². The molecule has 1 aromatic rings. The zero-order valence-electron chi connectivity index (χ0n) is 11.6. The topological polar surface area (TPSA) is 53.1 Å². The molecular formula is C15H22ClN3. The third-order valence-electron chi connectivity index (χ3n) is 4.08. The molecule has 0 aromatic heterocycles. The van der Waals surface area contributed by atoms with Crippen LogP contribution in [0.4, 0.5) is 5.69 Å². The lowest BCUT2D eigenvalue weighted by Crippen LogP contribution is -2.36. The summed E-state index contributed by atoms with van der Waals surface area (Å²) < 4.78 is 0. The van der Waals surface area contributed by atoms with Gasteiger partial charge in [0.25, 0.3) is 0 Å². The summed E-state index contributed by atoms with van der Waals surface area (Å²) in [6.07, 6.45) is 2.39. The van der Waals surface area contributed by atoms with E-state index in [9.17, 15) is 0 Å². The highest BCUT2D eigenvalue weighted by Crippen LogP contribution is 2.32. The van der Waals surface area contributed by atoms with E-state index < -0.39 is 0 Å². The standard InChI is InChI=1S/C15H22ClN3/c1-10(2)11-6-8-19(9-7-11)13-5-3-4-12(16)14(13)15(17)18/h3-5,10-11H,6-9H2,1-2H3,(H3,17,18). The highest BCUT2D eigenvalue weighted by Gasteiger charge is 2.24. The third-order valence-corrected chi connectivity index (χ3v) is 4.40. The maximum atomic E-state index is 7.71. The summed E-state index contributed by atoms with van der Waals surface area (Å²) in [4.78, 5) is 2.31. The Morgan fingerprint density at radius 1 is 1.37 bits per heavy atom. The first-order valence-electron chi connectivity index (χ1n) is 6.88. The number of hydrogen-bond donors (Lipinski definition) is 2. The molecule has 0 saturated carbocycles. The van der Waals surface area contributed by atoms with E-state index in [-0.39, 0.29) is 5.84 Å². The minimum Gasteiger partial charge on any atom is -0.384 e. The van der Waals surface area contributed by atoms with Crippen molar-refractivity contribution in [1.82, 2.24) is 0 Å². The molecule has 1 aliphatic heterocycles. The SMILES string of the molecule is CC(C)C1CCN(c2cccc(Cl)c2C(=N)N)CC1. The molecular weight excluding hydrogens is 258 g/mol. The van der Waals surface area contributed by atoms with Gasteiger partial charge in [-0.1, -0.05) is 31.5 Å². The number of nitrogen functional groups attached to an aromatic ring is 1. The van der Waals surface area contributed by atoms with Crippen molar-refractivity contribution in [3.63, 3.8) is 0 Å². The summed E-state index contributed by atoms with van der Waals surface area (Å²) in [5.74, 6) is 1.59. The van der Waals surface area contributed by atoms with Crippen molar-refractivity contribution in [3.05, 3.63) is 28.8 Å². The van der Waals surface area contributed by atoms with Crippen molar-refractivity contribution in [2.75, 3.05) is 18.0 Å². The van der Waals surface area contributed by atoms with Crippen molar-refractivity contribution >= 4 is 23.1 Å². The second kappa shape index (κ2) is 5.83. The van der Waals surface area contributed by atoms with E-state index in [0.29, 0.717) is 10.6 Å². The normalized spacial score (nSPS) is 16.9. The van der Waals surface area contributed by atoms with Crippen LogP contribution in [0, 0.1) is 17.2 Å². The van der Waals surface area contributed by atoms with Gasteiger partial charge >= 0.3 is 0 Å². The number of amidine groups is 1. The van der Waals surface area contributed by atoms with Crippen molar-refractivity contribution in [1.29, 1.82) is 5.41 Å². The Morgan fingerprint density at radius 2 is 2.00 bits per heavy atom. The van der Waals surface area contributed by atoms with Crippen LogP contribution in [0.1, 0.15) is 32.3 Å². The second-order valence-electron chi connectivity index (χ2n) is 5.62. The number of nitrogens with two attached hydrogens (primary N) is 1. The van der Waals surface area contributed by atoms with Gasteiger partial charge in [0.2, 0.25) is 0 Å². The lowest BCUT2D eigenvalue weighted by Gasteiger charge is -2.36. The molecule has 1 aromatic carbocycles. The smallest absolute Gasteiger partial charge is 0.126 e. The lowest BCUT2D eigenvalue weighted by molar-refractivity contribution is 0.311. The maximum Gasteiger partial charge on any atom is 0.126 e. The van der Waals surface area contributed by atoms with E-state index in [2.05, 4.69) is 18.7 Å². The Hall–Kier alpha value is -1.22. The summed E-state index contributed by atoms with van der Waals surface area (Å²) in [5.41, 5.74) is 7.35. The summed E-state index contributed by atoms with van der Waals surface area (Å²) >= 11 is 6.18. The van der Waals surface area contributed by atoms with Crippen molar-refractivity contribution in [3.8, 4) is 0 Å². The number of rotatable bonds is 3. The van der Waals surface area contributed by atoms with Crippen LogP contribution in [0.25, 0.3) is 0 Å². The molecule has 19 heavy (non-hydrogen) atoms. The van der Waals surface area contributed by atoms with E-state index in [4.69, 9.17) is 22.7 Å². The Kier molecular flexibility index (Phi) is 4.35. The minimum absolute atomic E-state index is 0.0478. The first-order chi connectivity index (χ1) is 9.00. The van der Waals surface area contributed by atoms with Crippen LogP contribution in [0.2, 0.25) is 5.02 Å². The predicted molar refractivity (Wildman–Crippen MR) is 82.2 cm³/mol. The van der Waals surface area contributed by atoms with Crippen LogP contribution >= 0.6 is 11.6 Å². The summed E-state index contributed by atoms with van der Waals surface area (Å²) in [6, 6.07) is 5.74. The molecule has 1 aliphatic rings. The fraction of sp³-hybridized carbons (Fsp3) is 0.533. The van der Waals surface area contributed by atoms with Gasteiger partial charge < -0.3 is 10.6 Å². The molecule has 3 nitrogen and oxygen atoms in total. The van der Waals surface area contributed by atoms with Gasteiger partial charge in [0.1, 0.15) is 5.84 Å². The highest BCUT2D eigenvalue weighted by atomic mass is 35.5. The van der Waals surface area contributed by atoms with E-state index in [1.165, 1.54) is 12.8 Å². The number of halogens is 1. The zero-order valence-corrected chi connectivity index (χ0v) is 12.4. The highest BCUT2D eigenvalue weighted by molar-refractivity contribution is 6.34. The zero-order chi connectivity index (χ0) is 14.0. The number of anilines is 1. The van der Waals surface area contributed by atoms with Gasteiger partial charge in [-0.25, -0.2) is 0 Å². The van der Waals surface area contributed by atoms with Gasteiger partial charge in [-0.15, -0.1) is 0 Å². The first kappa shape index (κ1) is 14.2. The summed E-state index contributed by atoms with van der Waals surface area (Å²) in [7, 11) is 0. The molecule has 4 heteroatoms. The Balaban J connectivity index is 2.20. The number of piperidine rings is 1. The van der Waals surface area contributed by atoms with Crippen molar-refractivity contribution in [2.45, 2.75) is 26.7 Å². The molecule has 0 unspecified atom stereocenters. The van der Waals surface area contributed by atoms with Gasteiger partial charge in [-0.2, -0.15) is 0 Å². The molecule has 0 aliphatic carbocycles. The number of nitrogens with one attached hydrogen (secondary N) is 1. The fourth-order valence-electron chi connectivity index (χ4n) is 2.85. The third kappa shape index (κ3) is 3.03. The minimum atomic E-state index is 0.0478. The van der Waals surface area contributed by atoms with Crippen LogP contribution in [-0.2, 0) is 0 Å². The number of nitrogens with zero attached hydrogens (tertiary/aromatic N) is 1. The Bertz CT molecular complexity index is 462. The Morgan fingerprint density at radius 3 is 2.53 bits per heavy atom.